The summed E-state index contributed by atoms with van der Waals surface area (Å²) in [5.41, 5.74) is 0.819. The number of halogens is 1. The van der Waals surface area contributed by atoms with E-state index in [4.69, 9.17) is 11.2 Å². The molecule has 1 aliphatic carbocycles. The molecule has 2 rings (SSSR count). The quantitative estimate of drug-likeness (QED) is 0.749. The molecule has 0 amide bonds. The van der Waals surface area contributed by atoms with Gasteiger partial charge >= 0.3 is 0 Å². The van der Waals surface area contributed by atoms with Gasteiger partial charge in [0.2, 0.25) is 0 Å². The van der Waals surface area contributed by atoms with Crippen molar-refractivity contribution in [2.75, 3.05) is 6.61 Å². The second kappa shape index (κ2) is 4.06. The van der Waals surface area contributed by atoms with Crippen molar-refractivity contribution in [1.82, 2.24) is 0 Å². The molecule has 0 atom stereocenters. The molecule has 0 saturated heterocycles. The Kier molecular flexibility index (Phi) is 2.79. The molecular formula is C12H11BrO. The molecule has 1 aliphatic rings. The molecule has 14 heavy (non-hydrogen) atoms. The highest BCUT2D eigenvalue weighted by Gasteiger charge is 2.22. The zero-order valence-corrected chi connectivity index (χ0v) is 9.38. The summed E-state index contributed by atoms with van der Waals surface area (Å²) < 4.78 is 6.63. The standard InChI is InChI=1S/C12H11BrO/c1-2-10-4-3-5-11(13)12(10)14-8-9-6-7-9/h1,3-5,9H,6-8H2. The average Bonchev–Trinajstić information content (AvgIpc) is 2.99. The van der Waals surface area contributed by atoms with Gasteiger partial charge in [0.15, 0.2) is 0 Å². The van der Waals surface area contributed by atoms with Crippen molar-refractivity contribution in [2.24, 2.45) is 5.92 Å². The largest absolute Gasteiger partial charge is 0.491 e. The van der Waals surface area contributed by atoms with Gasteiger partial charge in [0, 0.05) is 0 Å². The Bertz CT molecular complexity index is 374. The van der Waals surface area contributed by atoms with E-state index in [0.29, 0.717) is 0 Å². The van der Waals surface area contributed by atoms with Gasteiger partial charge in [0.05, 0.1) is 16.6 Å². The molecule has 1 saturated carbocycles. The van der Waals surface area contributed by atoms with Crippen LogP contribution >= 0.6 is 15.9 Å². The summed E-state index contributed by atoms with van der Waals surface area (Å²) in [6.45, 7) is 0.789. The number of benzene rings is 1. The fourth-order valence-corrected chi connectivity index (χ4v) is 1.74. The molecule has 0 aromatic heterocycles. The van der Waals surface area contributed by atoms with E-state index in [1.807, 2.05) is 18.2 Å². The maximum absolute atomic E-state index is 5.69. The third-order valence-electron chi connectivity index (χ3n) is 2.28. The minimum absolute atomic E-state index is 0.743. The lowest BCUT2D eigenvalue weighted by atomic mass is 10.2. The van der Waals surface area contributed by atoms with E-state index >= 15 is 0 Å². The van der Waals surface area contributed by atoms with Gasteiger partial charge in [-0.05, 0) is 46.8 Å². The van der Waals surface area contributed by atoms with Gasteiger partial charge in [-0.15, -0.1) is 6.42 Å². The zero-order chi connectivity index (χ0) is 9.97. The second-order valence-electron chi connectivity index (χ2n) is 3.52. The van der Waals surface area contributed by atoms with Gasteiger partial charge in [-0.1, -0.05) is 12.0 Å². The Morgan fingerprint density at radius 3 is 2.93 bits per heavy atom. The number of para-hydroxylation sites is 1. The summed E-state index contributed by atoms with van der Waals surface area (Å²) in [7, 11) is 0. The molecule has 1 nitrogen and oxygen atoms in total. The first kappa shape index (κ1) is 9.61. The highest BCUT2D eigenvalue weighted by atomic mass is 79.9. The first-order valence-electron chi connectivity index (χ1n) is 4.69. The monoisotopic (exact) mass is 250 g/mol. The molecule has 2 heteroatoms. The highest BCUT2D eigenvalue weighted by molar-refractivity contribution is 9.10. The van der Waals surface area contributed by atoms with Crippen molar-refractivity contribution in [2.45, 2.75) is 12.8 Å². The summed E-state index contributed by atoms with van der Waals surface area (Å²) in [5, 5.41) is 0. The van der Waals surface area contributed by atoms with E-state index in [9.17, 15) is 0 Å². The first-order valence-corrected chi connectivity index (χ1v) is 5.48. The summed E-state index contributed by atoms with van der Waals surface area (Å²) in [5.74, 6) is 4.18. The summed E-state index contributed by atoms with van der Waals surface area (Å²) in [6.07, 6.45) is 7.97. The Balaban J connectivity index is 2.16. The van der Waals surface area contributed by atoms with Crippen LogP contribution in [0, 0.1) is 18.3 Å². The molecule has 0 unspecified atom stereocenters. The molecule has 1 aromatic rings. The Hall–Kier alpha value is -0.940. The van der Waals surface area contributed by atoms with Crippen molar-refractivity contribution in [1.29, 1.82) is 0 Å². The van der Waals surface area contributed by atoms with Crippen LogP contribution in [-0.4, -0.2) is 6.61 Å². The topological polar surface area (TPSA) is 9.23 Å². The minimum Gasteiger partial charge on any atom is -0.491 e. The third kappa shape index (κ3) is 2.10. The van der Waals surface area contributed by atoms with E-state index in [-0.39, 0.29) is 0 Å². The van der Waals surface area contributed by atoms with E-state index in [1.165, 1.54) is 12.8 Å². The van der Waals surface area contributed by atoms with Crippen LogP contribution in [0.5, 0.6) is 5.75 Å². The second-order valence-corrected chi connectivity index (χ2v) is 4.37. The highest BCUT2D eigenvalue weighted by Crippen LogP contribution is 2.33. The molecule has 72 valence electrons. The number of rotatable bonds is 3. The van der Waals surface area contributed by atoms with Gasteiger partial charge in [-0.2, -0.15) is 0 Å². The summed E-state index contributed by atoms with van der Waals surface area (Å²) in [4.78, 5) is 0. The fourth-order valence-electron chi connectivity index (χ4n) is 1.25. The van der Waals surface area contributed by atoms with Crippen LogP contribution in [0.25, 0.3) is 0 Å². The van der Waals surface area contributed by atoms with Gasteiger partial charge < -0.3 is 4.74 Å². The molecule has 1 fully saturated rings. The van der Waals surface area contributed by atoms with Crippen molar-refractivity contribution >= 4 is 15.9 Å². The van der Waals surface area contributed by atoms with Gasteiger partial charge in [0.25, 0.3) is 0 Å². The van der Waals surface area contributed by atoms with E-state index in [1.54, 1.807) is 0 Å². The van der Waals surface area contributed by atoms with Crippen molar-refractivity contribution in [3.05, 3.63) is 28.2 Å². The first-order chi connectivity index (χ1) is 6.81. The van der Waals surface area contributed by atoms with Gasteiger partial charge in [-0.3, -0.25) is 0 Å². The Morgan fingerprint density at radius 2 is 2.29 bits per heavy atom. The number of ether oxygens (including phenoxy) is 1. The van der Waals surface area contributed by atoms with Gasteiger partial charge in [-0.25, -0.2) is 0 Å². The maximum atomic E-state index is 5.69. The lowest BCUT2D eigenvalue weighted by Crippen LogP contribution is -2.01. The predicted molar refractivity (Wildman–Crippen MR) is 60.3 cm³/mol. The smallest absolute Gasteiger partial charge is 0.149 e. The van der Waals surface area contributed by atoms with E-state index < -0.39 is 0 Å². The summed E-state index contributed by atoms with van der Waals surface area (Å²) in [6, 6.07) is 5.76. The molecule has 1 aromatic carbocycles. The normalized spacial score (nSPS) is 14.9. The molecule has 0 N–H and O–H groups in total. The Morgan fingerprint density at radius 1 is 1.50 bits per heavy atom. The number of hydrogen-bond donors (Lipinski definition) is 0. The predicted octanol–water partition coefficient (Wildman–Crippen LogP) is 3.22. The van der Waals surface area contributed by atoms with Crippen LogP contribution in [0.4, 0.5) is 0 Å². The van der Waals surface area contributed by atoms with E-state index in [0.717, 1.165) is 28.3 Å². The fraction of sp³-hybridized carbons (Fsp3) is 0.333. The Labute approximate surface area is 92.6 Å². The maximum Gasteiger partial charge on any atom is 0.149 e. The molecule has 0 aliphatic heterocycles. The zero-order valence-electron chi connectivity index (χ0n) is 7.79. The minimum atomic E-state index is 0.743. The van der Waals surface area contributed by atoms with Gasteiger partial charge in [0.1, 0.15) is 5.75 Å². The summed E-state index contributed by atoms with van der Waals surface area (Å²) >= 11 is 3.44. The lowest BCUT2D eigenvalue weighted by Gasteiger charge is -2.09. The average molecular weight is 251 g/mol. The number of hydrogen-bond acceptors (Lipinski definition) is 1. The van der Waals surface area contributed by atoms with Crippen molar-refractivity contribution < 1.29 is 4.74 Å². The van der Waals surface area contributed by atoms with E-state index in [2.05, 4.69) is 21.9 Å². The van der Waals surface area contributed by atoms with Crippen LogP contribution < -0.4 is 4.74 Å². The molecule has 0 spiro atoms. The molecule has 0 heterocycles. The van der Waals surface area contributed by atoms with Crippen LogP contribution in [-0.2, 0) is 0 Å². The van der Waals surface area contributed by atoms with Crippen molar-refractivity contribution in [3.8, 4) is 18.1 Å². The van der Waals surface area contributed by atoms with Crippen molar-refractivity contribution in [3.63, 3.8) is 0 Å². The number of terminal acetylenes is 1. The molecule has 0 radical (unpaired) electrons. The lowest BCUT2D eigenvalue weighted by molar-refractivity contribution is 0.297. The van der Waals surface area contributed by atoms with Crippen LogP contribution in [0.2, 0.25) is 0 Å². The van der Waals surface area contributed by atoms with Crippen LogP contribution in [0.15, 0.2) is 22.7 Å². The molecular weight excluding hydrogens is 240 g/mol. The molecule has 0 bridgehead atoms. The van der Waals surface area contributed by atoms with Crippen LogP contribution in [0.3, 0.4) is 0 Å². The third-order valence-corrected chi connectivity index (χ3v) is 2.91. The van der Waals surface area contributed by atoms with Crippen LogP contribution in [0.1, 0.15) is 18.4 Å². The SMILES string of the molecule is C#Cc1cccc(Br)c1OCC1CC1.